The van der Waals surface area contributed by atoms with Crippen LogP contribution in [0.15, 0.2) is 60.3 Å². The van der Waals surface area contributed by atoms with Gasteiger partial charge in [0.15, 0.2) is 0 Å². The number of aromatic nitrogens is 1. The van der Waals surface area contributed by atoms with Gasteiger partial charge in [0.25, 0.3) is 0 Å². The van der Waals surface area contributed by atoms with Crippen molar-refractivity contribution in [3.63, 3.8) is 0 Å². The number of unbranched alkanes of at least 4 members (excludes halogenated alkanes) is 2. The Morgan fingerprint density at radius 3 is 3.04 bits per heavy atom. The van der Waals surface area contributed by atoms with Crippen LogP contribution in [0.25, 0.3) is 0 Å². The van der Waals surface area contributed by atoms with Gasteiger partial charge in [0.1, 0.15) is 17.4 Å². The van der Waals surface area contributed by atoms with E-state index in [9.17, 15) is 9.90 Å². The molecule has 2 rings (SSSR count). The van der Waals surface area contributed by atoms with E-state index in [-0.39, 0.29) is 11.7 Å². The first-order valence-corrected chi connectivity index (χ1v) is 8.57. The molecule has 6 nitrogen and oxygen atoms in total. The van der Waals surface area contributed by atoms with Crippen molar-refractivity contribution in [2.75, 3.05) is 24.6 Å². The summed E-state index contributed by atoms with van der Waals surface area (Å²) in [6.45, 7) is 3.53. The quantitative estimate of drug-likeness (QED) is 0.408. The smallest absolute Gasteiger partial charge is 0.330 e. The Labute approximate surface area is 148 Å². The van der Waals surface area contributed by atoms with Gasteiger partial charge in [0.05, 0.1) is 6.61 Å². The number of dihydropyridines is 1. The second-order valence-electron chi connectivity index (χ2n) is 5.53. The number of aliphatic hydroxyl groups excluding tert-OH is 1. The van der Waals surface area contributed by atoms with Crippen LogP contribution >= 0.6 is 0 Å². The van der Waals surface area contributed by atoms with E-state index in [1.165, 1.54) is 6.08 Å². The van der Waals surface area contributed by atoms with Crippen molar-refractivity contribution in [2.45, 2.75) is 26.2 Å². The molecule has 1 aliphatic rings. The first kappa shape index (κ1) is 18.6. The van der Waals surface area contributed by atoms with Gasteiger partial charge in [-0.15, -0.1) is 0 Å². The Bertz CT molecular complexity index is 639. The molecule has 0 amide bonds. The Hall–Kier alpha value is -2.76. The van der Waals surface area contributed by atoms with Crippen molar-refractivity contribution >= 4 is 11.8 Å². The Morgan fingerprint density at radius 1 is 1.44 bits per heavy atom. The Balaban J connectivity index is 1.90. The molecule has 0 atom stereocenters. The molecule has 0 saturated heterocycles. The van der Waals surface area contributed by atoms with Crippen LogP contribution in [0.2, 0.25) is 0 Å². The van der Waals surface area contributed by atoms with Crippen LogP contribution in [0.1, 0.15) is 26.2 Å². The zero-order valence-corrected chi connectivity index (χ0v) is 14.5. The molecule has 0 saturated carbocycles. The molecule has 0 aliphatic carbocycles. The minimum absolute atomic E-state index is 0.257. The van der Waals surface area contributed by atoms with Crippen LogP contribution in [0.3, 0.4) is 0 Å². The number of ether oxygens (including phenoxy) is 1. The highest BCUT2D eigenvalue weighted by molar-refractivity contribution is 5.81. The summed E-state index contributed by atoms with van der Waals surface area (Å²) >= 11 is 0. The van der Waals surface area contributed by atoms with Crippen molar-refractivity contribution in [1.29, 1.82) is 0 Å². The number of carbonyl (C=O) groups is 1. The van der Waals surface area contributed by atoms with Crippen molar-refractivity contribution < 1.29 is 14.6 Å². The summed E-state index contributed by atoms with van der Waals surface area (Å²) in [5.41, 5.74) is 0. The monoisotopic (exact) mass is 343 g/mol. The van der Waals surface area contributed by atoms with E-state index in [1.54, 1.807) is 25.3 Å². The molecule has 2 N–H and O–H groups in total. The molecular weight excluding hydrogens is 318 g/mol. The average Bonchev–Trinajstić information content (AvgIpc) is 2.62. The number of hydrogen-bond acceptors (Lipinski definition) is 6. The number of esters is 1. The highest BCUT2D eigenvalue weighted by Gasteiger charge is 2.15. The van der Waals surface area contributed by atoms with E-state index in [0.29, 0.717) is 13.2 Å². The molecule has 0 fully saturated rings. The topological polar surface area (TPSA) is 74.7 Å². The molecule has 0 bridgehead atoms. The van der Waals surface area contributed by atoms with Crippen molar-refractivity contribution in [3.8, 4) is 0 Å². The fraction of sp³-hybridized carbons (Fsp3) is 0.368. The molecule has 2 heterocycles. The molecule has 6 heteroatoms. The molecular formula is C19H25N3O3. The fourth-order valence-corrected chi connectivity index (χ4v) is 2.46. The van der Waals surface area contributed by atoms with Gasteiger partial charge < -0.3 is 20.1 Å². The van der Waals surface area contributed by atoms with Gasteiger partial charge in [-0.2, -0.15) is 0 Å². The second-order valence-corrected chi connectivity index (χ2v) is 5.53. The minimum Gasteiger partial charge on any atom is -0.508 e. The number of aliphatic hydroxyl groups is 1. The number of anilines is 1. The summed E-state index contributed by atoms with van der Waals surface area (Å²) in [5, 5.41) is 13.0. The van der Waals surface area contributed by atoms with Crippen LogP contribution in [-0.2, 0) is 9.53 Å². The molecule has 0 unspecified atom stereocenters. The summed E-state index contributed by atoms with van der Waals surface area (Å²) in [6.07, 6.45) is 11.2. The second kappa shape index (κ2) is 10.2. The number of rotatable bonds is 9. The van der Waals surface area contributed by atoms with Gasteiger partial charge in [0, 0.05) is 31.4 Å². The van der Waals surface area contributed by atoms with Crippen LogP contribution in [-0.4, -0.2) is 35.8 Å². The van der Waals surface area contributed by atoms with Crippen LogP contribution < -0.4 is 10.2 Å². The molecule has 1 aliphatic heterocycles. The molecule has 1 aromatic heterocycles. The van der Waals surface area contributed by atoms with E-state index in [2.05, 4.69) is 15.2 Å². The van der Waals surface area contributed by atoms with E-state index < -0.39 is 0 Å². The molecule has 1 aromatic rings. The van der Waals surface area contributed by atoms with Gasteiger partial charge in [-0.25, -0.2) is 9.78 Å². The molecule has 25 heavy (non-hydrogen) atoms. The third-order valence-electron chi connectivity index (χ3n) is 3.64. The highest BCUT2D eigenvalue weighted by atomic mass is 16.5. The van der Waals surface area contributed by atoms with E-state index in [1.807, 2.05) is 24.3 Å². The first-order chi connectivity index (χ1) is 12.2. The van der Waals surface area contributed by atoms with Gasteiger partial charge >= 0.3 is 5.97 Å². The van der Waals surface area contributed by atoms with E-state index in [4.69, 9.17) is 4.74 Å². The lowest BCUT2D eigenvalue weighted by molar-refractivity contribution is -0.137. The maximum absolute atomic E-state index is 11.2. The number of hydrogen-bond donors (Lipinski definition) is 2. The number of carbonyl (C=O) groups excluding carboxylic acids is 1. The predicted molar refractivity (Wildman–Crippen MR) is 98.0 cm³/mol. The van der Waals surface area contributed by atoms with E-state index >= 15 is 0 Å². The zero-order valence-electron chi connectivity index (χ0n) is 14.5. The summed E-state index contributed by atoms with van der Waals surface area (Å²) < 4.78 is 4.85. The average molecular weight is 343 g/mol. The Morgan fingerprint density at radius 2 is 2.32 bits per heavy atom. The number of pyridine rings is 1. The molecule has 0 aromatic carbocycles. The van der Waals surface area contributed by atoms with Gasteiger partial charge in [0.2, 0.25) is 0 Å². The van der Waals surface area contributed by atoms with Gasteiger partial charge in [-0.3, -0.25) is 0 Å². The lowest BCUT2D eigenvalue weighted by atomic mass is 10.2. The van der Waals surface area contributed by atoms with Crippen LogP contribution in [0.4, 0.5) is 5.82 Å². The third kappa shape index (κ3) is 6.33. The number of nitrogens with zero attached hydrogens (tertiary/aromatic N) is 2. The van der Waals surface area contributed by atoms with Crippen LogP contribution in [0, 0.1) is 0 Å². The summed E-state index contributed by atoms with van der Waals surface area (Å²) in [7, 11) is 0. The molecule has 0 radical (unpaired) electrons. The largest absolute Gasteiger partial charge is 0.508 e. The third-order valence-corrected chi connectivity index (χ3v) is 3.64. The maximum Gasteiger partial charge on any atom is 0.330 e. The fourth-order valence-electron chi connectivity index (χ4n) is 2.46. The lowest BCUT2D eigenvalue weighted by Gasteiger charge is -2.28. The van der Waals surface area contributed by atoms with Gasteiger partial charge in [-0.05, 0) is 44.4 Å². The SMILES string of the molecule is CCOC(=O)/C=C/CCCCN(C1=CC(O)=CCN1)c1ccccn1. The van der Waals surface area contributed by atoms with Crippen molar-refractivity contribution in [3.05, 3.63) is 60.3 Å². The normalized spacial score (nSPS) is 13.8. The number of nitrogens with one attached hydrogen (secondary N) is 1. The van der Waals surface area contributed by atoms with Crippen LogP contribution in [0.5, 0.6) is 0 Å². The van der Waals surface area contributed by atoms with E-state index in [0.717, 1.165) is 37.4 Å². The predicted octanol–water partition coefficient (Wildman–Crippen LogP) is 3.06. The number of allylic oxidation sites excluding steroid dienone is 2. The van der Waals surface area contributed by atoms with Crippen molar-refractivity contribution in [1.82, 2.24) is 10.3 Å². The summed E-state index contributed by atoms with van der Waals surface area (Å²) in [6, 6.07) is 5.76. The minimum atomic E-state index is -0.295. The Kier molecular flexibility index (Phi) is 7.56. The highest BCUT2D eigenvalue weighted by Crippen LogP contribution is 2.18. The maximum atomic E-state index is 11.2. The standard InChI is InChI=1S/C19H25N3O3/c1-2-25-19(24)10-5-3-4-8-14-22(17-9-6-7-12-20-17)18-15-16(23)11-13-21-18/h5-7,9-12,15,21,23H,2-4,8,13-14H2,1H3/b10-5+. The summed E-state index contributed by atoms with van der Waals surface area (Å²) in [4.78, 5) is 17.7. The molecule has 134 valence electrons. The summed E-state index contributed by atoms with van der Waals surface area (Å²) in [5.74, 6) is 1.63. The van der Waals surface area contributed by atoms with Crippen molar-refractivity contribution in [2.24, 2.45) is 0 Å². The van der Waals surface area contributed by atoms with Gasteiger partial charge in [-0.1, -0.05) is 12.1 Å². The lowest BCUT2D eigenvalue weighted by Crippen LogP contribution is -2.35. The molecule has 0 spiro atoms. The zero-order chi connectivity index (χ0) is 17.9. The first-order valence-electron chi connectivity index (χ1n) is 8.57.